The Bertz CT molecular complexity index is 1340. The number of rotatable bonds is 9. The fourth-order valence-electron chi connectivity index (χ4n) is 3.71. The molecular formula is C29H26N2O2S2. The molecule has 0 bridgehead atoms. The van der Waals surface area contributed by atoms with E-state index in [-0.39, 0.29) is 5.75 Å². The first-order valence-electron chi connectivity index (χ1n) is 11.3. The standard InChI is InChI=1S/C29H26N2O2S2/c1-21-12-14-24(15-13-21)28-16-26(23-10-6-3-7-11-23)27(17-30)29(31-28)34-18-25(32)20-35(33)19-22-8-4-2-5-9-22/h2-16,25,32H,18-20H2,1H3/t25-,35-/m1/s1. The van der Waals surface area contributed by atoms with Crippen LogP contribution in [-0.2, 0) is 16.6 Å². The molecule has 0 saturated heterocycles. The monoisotopic (exact) mass is 498 g/mol. The number of nitriles is 1. The van der Waals surface area contributed by atoms with Gasteiger partial charge in [-0.15, -0.1) is 11.8 Å². The highest BCUT2D eigenvalue weighted by Crippen LogP contribution is 2.34. The van der Waals surface area contributed by atoms with Crippen molar-refractivity contribution in [2.75, 3.05) is 11.5 Å². The van der Waals surface area contributed by atoms with Gasteiger partial charge in [-0.1, -0.05) is 90.5 Å². The van der Waals surface area contributed by atoms with E-state index in [1.807, 2.05) is 97.9 Å². The summed E-state index contributed by atoms with van der Waals surface area (Å²) in [5.74, 6) is 0.881. The first-order valence-corrected chi connectivity index (χ1v) is 13.8. The van der Waals surface area contributed by atoms with E-state index in [0.717, 1.165) is 33.5 Å². The van der Waals surface area contributed by atoms with E-state index in [1.54, 1.807) is 0 Å². The number of benzene rings is 3. The smallest absolute Gasteiger partial charge is 0.115 e. The topological polar surface area (TPSA) is 74.0 Å². The van der Waals surface area contributed by atoms with Gasteiger partial charge in [0.25, 0.3) is 0 Å². The third kappa shape index (κ3) is 6.67. The second-order valence-corrected chi connectivity index (χ2v) is 10.8. The van der Waals surface area contributed by atoms with Gasteiger partial charge in [0.2, 0.25) is 0 Å². The molecule has 35 heavy (non-hydrogen) atoms. The van der Waals surface area contributed by atoms with Gasteiger partial charge in [0, 0.05) is 33.4 Å². The molecule has 4 nitrogen and oxygen atoms in total. The fourth-order valence-corrected chi connectivity index (χ4v) is 6.02. The highest BCUT2D eigenvalue weighted by molar-refractivity contribution is 7.99. The molecule has 0 fully saturated rings. The van der Waals surface area contributed by atoms with Crippen LogP contribution in [-0.4, -0.2) is 31.9 Å². The Morgan fingerprint density at radius 3 is 2.29 bits per heavy atom. The van der Waals surface area contributed by atoms with Gasteiger partial charge in [-0.05, 0) is 24.1 Å². The van der Waals surface area contributed by atoms with Gasteiger partial charge in [-0.3, -0.25) is 4.21 Å². The molecule has 3 aromatic carbocycles. The largest absolute Gasteiger partial charge is 0.391 e. The Morgan fingerprint density at radius 1 is 0.971 bits per heavy atom. The average Bonchev–Trinajstić information content (AvgIpc) is 2.88. The Kier molecular flexibility index (Phi) is 8.49. The van der Waals surface area contributed by atoms with E-state index in [1.165, 1.54) is 11.8 Å². The minimum Gasteiger partial charge on any atom is -0.391 e. The highest BCUT2D eigenvalue weighted by atomic mass is 32.2. The second-order valence-electron chi connectivity index (χ2n) is 8.28. The molecule has 1 heterocycles. The van der Waals surface area contributed by atoms with E-state index in [2.05, 4.69) is 6.07 Å². The predicted molar refractivity (Wildman–Crippen MR) is 144 cm³/mol. The SMILES string of the molecule is Cc1ccc(-c2cc(-c3ccccc3)c(C#N)c(SC[C@@H](O)C[S@](=O)Cc3ccccc3)n2)cc1. The number of aliphatic hydroxyl groups is 1. The van der Waals surface area contributed by atoms with Crippen molar-refractivity contribution in [2.24, 2.45) is 0 Å². The van der Waals surface area contributed by atoms with Crippen LogP contribution in [0.5, 0.6) is 0 Å². The number of hydrogen-bond acceptors (Lipinski definition) is 5. The lowest BCUT2D eigenvalue weighted by Crippen LogP contribution is -2.20. The van der Waals surface area contributed by atoms with Crippen LogP contribution >= 0.6 is 11.8 Å². The Morgan fingerprint density at radius 2 is 1.63 bits per heavy atom. The predicted octanol–water partition coefficient (Wildman–Crippen LogP) is 6.00. The molecule has 0 aliphatic rings. The molecule has 0 radical (unpaired) electrons. The lowest BCUT2D eigenvalue weighted by Gasteiger charge is -2.14. The summed E-state index contributed by atoms with van der Waals surface area (Å²) in [6.45, 7) is 2.04. The molecule has 4 aromatic rings. The third-order valence-corrected chi connectivity index (χ3v) is 8.02. The number of nitrogens with zero attached hydrogens (tertiary/aromatic N) is 2. The second kappa shape index (κ2) is 11.9. The molecule has 0 unspecified atom stereocenters. The van der Waals surface area contributed by atoms with Crippen molar-refractivity contribution in [1.29, 1.82) is 5.26 Å². The molecule has 1 N–H and O–H groups in total. The van der Waals surface area contributed by atoms with Crippen molar-refractivity contribution >= 4 is 22.6 Å². The van der Waals surface area contributed by atoms with E-state index in [9.17, 15) is 14.6 Å². The molecule has 0 aliphatic carbocycles. The lowest BCUT2D eigenvalue weighted by atomic mass is 9.99. The summed E-state index contributed by atoms with van der Waals surface area (Å²) >= 11 is 1.33. The van der Waals surface area contributed by atoms with Gasteiger partial charge in [0.1, 0.15) is 11.1 Å². The van der Waals surface area contributed by atoms with Crippen LogP contribution in [0.3, 0.4) is 0 Å². The number of aromatic nitrogens is 1. The van der Waals surface area contributed by atoms with Crippen LogP contribution < -0.4 is 0 Å². The maximum atomic E-state index is 12.5. The van der Waals surface area contributed by atoms with Gasteiger partial charge < -0.3 is 5.11 Å². The number of pyridine rings is 1. The molecule has 4 rings (SSSR count). The minimum atomic E-state index is -1.19. The highest BCUT2D eigenvalue weighted by Gasteiger charge is 2.18. The van der Waals surface area contributed by atoms with E-state index < -0.39 is 16.9 Å². The Balaban J connectivity index is 1.58. The molecular weight excluding hydrogens is 472 g/mol. The first kappa shape index (κ1) is 24.9. The number of thioether (sulfide) groups is 1. The summed E-state index contributed by atoms with van der Waals surface area (Å²) in [4.78, 5) is 4.80. The normalized spacial score (nSPS) is 12.6. The number of aryl methyl sites for hydroxylation is 1. The Hall–Kier alpha value is -3.24. The molecule has 6 heteroatoms. The lowest BCUT2D eigenvalue weighted by molar-refractivity contribution is 0.224. The van der Waals surface area contributed by atoms with Crippen molar-refractivity contribution in [2.45, 2.75) is 23.8 Å². The van der Waals surface area contributed by atoms with Crippen LogP contribution in [0.2, 0.25) is 0 Å². The van der Waals surface area contributed by atoms with Crippen LogP contribution in [0, 0.1) is 18.3 Å². The van der Waals surface area contributed by atoms with Crippen LogP contribution in [0.15, 0.2) is 96.0 Å². The van der Waals surface area contributed by atoms with Gasteiger partial charge in [-0.25, -0.2) is 4.98 Å². The number of aliphatic hydroxyl groups excluding tert-OH is 1. The molecule has 176 valence electrons. The maximum absolute atomic E-state index is 12.5. The van der Waals surface area contributed by atoms with Crippen LogP contribution in [0.1, 0.15) is 16.7 Å². The zero-order chi connectivity index (χ0) is 24.6. The van der Waals surface area contributed by atoms with Crippen LogP contribution in [0.4, 0.5) is 0 Å². The fraction of sp³-hybridized carbons (Fsp3) is 0.172. The quantitative estimate of drug-likeness (QED) is 0.287. The van der Waals surface area contributed by atoms with Crippen LogP contribution in [0.25, 0.3) is 22.4 Å². The van der Waals surface area contributed by atoms with Crippen molar-refractivity contribution in [3.63, 3.8) is 0 Å². The average molecular weight is 499 g/mol. The zero-order valence-electron chi connectivity index (χ0n) is 19.4. The number of hydrogen-bond donors (Lipinski definition) is 1. The molecule has 2 atom stereocenters. The van der Waals surface area contributed by atoms with Gasteiger partial charge in [-0.2, -0.15) is 5.26 Å². The first-order chi connectivity index (χ1) is 17.0. The minimum absolute atomic E-state index is 0.174. The van der Waals surface area contributed by atoms with E-state index in [4.69, 9.17) is 4.98 Å². The van der Waals surface area contributed by atoms with E-state index >= 15 is 0 Å². The summed E-state index contributed by atoms with van der Waals surface area (Å²) in [6, 6.07) is 31.8. The summed E-state index contributed by atoms with van der Waals surface area (Å²) in [5.41, 5.74) is 6.10. The van der Waals surface area contributed by atoms with Gasteiger partial charge >= 0.3 is 0 Å². The summed E-state index contributed by atoms with van der Waals surface area (Å²) < 4.78 is 12.5. The molecule has 1 aromatic heterocycles. The van der Waals surface area contributed by atoms with Crippen molar-refractivity contribution in [3.8, 4) is 28.5 Å². The molecule has 0 spiro atoms. The molecule has 0 saturated carbocycles. The summed E-state index contributed by atoms with van der Waals surface area (Å²) in [6.07, 6.45) is -0.777. The third-order valence-electron chi connectivity index (χ3n) is 5.49. The van der Waals surface area contributed by atoms with Crippen molar-refractivity contribution < 1.29 is 9.32 Å². The Labute approximate surface area is 213 Å². The summed E-state index contributed by atoms with van der Waals surface area (Å²) in [5, 5.41) is 21.2. The molecule has 0 amide bonds. The van der Waals surface area contributed by atoms with Crippen molar-refractivity contribution in [3.05, 3.63) is 108 Å². The van der Waals surface area contributed by atoms with Gasteiger partial charge in [0.15, 0.2) is 0 Å². The maximum Gasteiger partial charge on any atom is 0.115 e. The summed E-state index contributed by atoms with van der Waals surface area (Å²) in [7, 11) is -1.19. The van der Waals surface area contributed by atoms with Crippen molar-refractivity contribution in [1.82, 2.24) is 4.98 Å². The van der Waals surface area contributed by atoms with Gasteiger partial charge in [0.05, 0.1) is 23.1 Å². The zero-order valence-corrected chi connectivity index (χ0v) is 21.1. The molecule has 0 aliphatic heterocycles. The van der Waals surface area contributed by atoms with E-state index in [0.29, 0.717) is 22.1 Å².